The summed E-state index contributed by atoms with van der Waals surface area (Å²) >= 11 is 5.87. The van der Waals surface area contributed by atoms with Crippen LogP contribution in [-0.2, 0) is 10.0 Å². The molecule has 0 aliphatic rings. The molecule has 9 nitrogen and oxygen atoms in total. The van der Waals surface area contributed by atoms with Crippen molar-refractivity contribution >= 4 is 45.4 Å². The average Bonchev–Trinajstić information content (AvgIpc) is 2.95. The fraction of sp³-hybridized carbons (Fsp3) is 0.100. The van der Waals surface area contributed by atoms with Gasteiger partial charge >= 0.3 is 5.97 Å². The minimum absolute atomic E-state index is 0.138. The molecule has 1 amide bonds. The number of rotatable bonds is 10. The standard InChI is InChI=1S/C30H26ClN3O6S/c1-3-39-28-18-21(6-17-27(28)40-30(36)23-7-11-24(31)12-8-23)19-32-33-29(35)22-9-13-25(14-10-22)34-41(37,38)26-15-4-20(2)5-16-26/h4-19,34H,3H2,1-2H3,(H,33,35)/b32-19+. The number of nitrogens with one attached hydrogen (secondary N) is 2. The number of nitrogens with zero attached hydrogens (tertiary/aromatic N) is 1. The second-order valence-corrected chi connectivity index (χ2v) is 10.8. The van der Waals surface area contributed by atoms with E-state index in [4.69, 9.17) is 21.1 Å². The SMILES string of the molecule is CCOc1cc(/C=N/NC(=O)c2ccc(NS(=O)(=O)c3ccc(C)cc3)cc2)ccc1OC(=O)c1ccc(Cl)cc1. The molecule has 210 valence electrons. The van der Waals surface area contributed by atoms with Gasteiger partial charge in [-0.25, -0.2) is 18.6 Å². The van der Waals surface area contributed by atoms with Crippen molar-refractivity contribution in [2.75, 3.05) is 11.3 Å². The highest BCUT2D eigenvalue weighted by Gasteiger charge is 2.15. The van der Waals surface area contributed by atoms with Crippen LogP contribution in [0.2, 0.25) is 5.02 Å². The molecule has 41 heavy (non-hydrogen) atoms. The Morgan fingerprint density at radius 1 is 0.878 bits per heavy atom. The Morgan fingerprint density at radius 3 is 2.20 bits per heavy atom. The fourth-order valence-corrected chi connectivity index (χ4v) is 4.74. The van der Waals surface area contributed by atoms with Crippen molar-refractivity contribution in [3.05, 3.63) is 118 Å². The third kappa shape index (κ3) is 7.93. The fourth-order valence-electron chi connectivity index (χ4n) is 3.55. The molecule has 4 aromatic rings. The van der Waals surface area contributed by atoms with Gasteiger partial charge in [-0.1, -0.05) is 29.3 Å². The Morgan fingerprint density at radius 2 is 1.54 bits per heavy atom. The maximum Gasteiger partial charge on any atom is 0.343 e. The molecule has 0 aromatic heterocycles. The molecule has 0 radical (unpaired) electrons. The summed E-state index contributed by atoms with van der Waals surface area (Å²) in [6.45, 7) is 4.00. The van der Waals surface area contributed by atoms with Gasteiger partial charge in [0, 0.05) is 16.3 Å². The smallest absolute Gasteiger partial charge is 0.343 e. The maximum atomic E-state index is 12.6. The summed E-state index contributed by atoms with van der Waals surface area (Å²) in [7, 11) is -3.76. The molecule has 0 spiro atoms. The van der Waals surface area contributed by atoms with Crippen LogP contribution < -0.4 is 19.6 Å². The summed E-state index contributed by atoms with van der Waals surface area (Å²) in [6, 6.07) is 23.6. The minimum atomic E-state index is -3.76. The third-order valence-corrected chi connectivity index (χ3v) is 7.31. The van der Waals surface area contributed by atoms with Crippen LogP contribution in [0.5, 0.6) is 11.5 Å². The van der Waals surface area contributed by atoms with Crippen molar-refractivity contribution in [3.63, 3.8) is 0 Å². The van der Waals surface area contributed by atoms with E-state index in [1.807, 2.05) is 6.92 Å². The molecular weight excluding hydrogens is 566 g/mol. The first kappa shape index (κ1) is 29.3. The maximum absolute atomic E-state index is 12.6. The van der Waals surface area contributed by atoms with E-state index in [1.54, 1.807) is 61.5 Å². The molecule has 11 heteroatoms. The number of carbonyl (C=O) groups is 2. The number of carbonyl (C=O) groups excluding carboxylic acids is 2. The lowest BCUT2D eigenvalue weighted by Crippen LogP contribution is -2.18. The van der Waals surface area contributed by atoms with E-state index < -0.39 is 21.9 Å². The summed E-state index contributed by atoms with van der Waals surface area (Å²) in [6.07, 6.45) is 1.41. The van der Waals surface area contributed by atoms with E-state index in [9.17, 15) is 18.0 Å². The van der Waals surface area contributed by atoms with Crippen molar-refractivity contribution in [1.82, 2.24) is 5.43 Å². The number of anilines is 1. The number of esters is 1. The van der Waals surface area contributed by atoms with Gasteiger partial charge in [-0.05, 0) is 98.3 Å². The van der Waals surface area contributed by atoms with E-state index in [0.29, 0.717) is 34.2 Å². The van der Waals surface area contributed by atoms with Gasteiger partial charge in [-0.3, -0.25) is 9.52 Å². The average molecular weight is 592 g/mol. The van der Waals surface area contributed by atoms with Crippen LogP contribution in [0.3, 0.4) is 0 Å². The van der Waals surface area contributed by atoms with Crippen molar-refractivity contribution in [2.24, 2.45) is 5.10 Å². The zero-order chi connectivity index (χ0) is 29.4. The minimum Gasteiger partial charge on any atom is -0.490 e. The number of amides is 1. The second kappa shape index (κ2) is 13.1. The first-order chi connectivity index (χ1) is 19.6. The molecule has 0 fully saturated rings. The van der Waals surface area contributed by atoms with Gasteiger partial charge in [0.05, 0.1) is 23.3 Å². The predicted molar refractivity (Wildman–Crippen MR) is 158 cm³/mol. The van der Waals surface area contributed by atoms with Gasteiger partial charge in [0.15, 0.2) is 11.5 Å². The van der Waals surface area contributed by atoms with Crippen molar-refractivity contribution in [2.45, 2.75) is 18.7 Å². The highest BCUT2D eigenvalue weighted by Crippen LogP contribution is 2.29. The molecule has 0 aliphatic carbocycles. The van der Waals surface area contributed by atoms with Crippen LogP contribution in [0, 0.1) is 6.92 Å². The van der Waals surface area contributed by atoms with Crippen LogP contribution in [0.15, 0.2) is 101 Å². The quantitative estimate of drug-likeness (QED) is 0.103. The number of aryl methyl sites for hydroxylation is 1. The lowest BCUT2D eigenvalue weighted by atomic mass is 10.2. The Balaban J connectivity index is 1.37. The van der Waals surface area contributed by atoms with Gasteiger partial charge in [-0.15, -0.1) is 0 Å². The Labute approximate surface area is 242 Å². The monoisotopic (exact) mass is 591 g/mol. The van der Waals surface area contributed by atoms with Crippen LogP contribution in [0.1, 0.15) is 38.8 Å². The molecule has 0 aliphatic heterocycles. The van der Waals surface area contributed by atoms with Crippen LogP contribution in [-0.4, -0.2) is 33.1 Å². The zero-order valence-corrected chi connectivity index (χ0v) is 23.7. The summed E-state index contributed by atoms with van der Waals surface area (Å²) in [5.74, 6) is -0.502. The first-order valence-corrected chi connectivity index (χ1v) is 14.3. The van der Waals surface area contributed by atoms with Gasteiger partial charge < -0.3 is 9.47 Å². The first-order valence-electron chi connectivity index (χ1n) is 12.4. The number of hydrogen-bond acceptors (Lipinski definition) is 7. The molecule has 0 saturated heterocycles. The van der Waals surface area contributed by atoms with Crippen molar-refractivity contribution < 1.29 is 27.5 Å². The number of sulfonamides is 1. The van der Waals surface area contributed by atoms with Crippen LogP contribution in [0.25, 0.3) is 0 Å². The molecule has 0 heterocycles. The predicted octanol–water partition coefficient (Wildman–Crippen LogP) is 5.83. The topological polar surface area (TPSA) is 123 Å². The molecular formula is C30H26ClN3O6S. The molecule has 0 atom stereocenters. The third-order valence-electron chi connectivity index (χ3n) is 5.66. The number of halogens is 1. The largest absolute Gasteiger partial charge is 0.490 e. The van der Waals surface area contributed by atoms with Crippen molar-refractivity contribution in [1.29, 1.82) is 0 Å². The lowest BCUT2D eigenvalue weighted by molar-refractivity contribution is 0.0728. The van der Waals surface area contributed by atoms with Gasteiger partial charge in [0.2, 0.25) is 0 Å². The number of hydrazone groups is 1. The summed E-state index contributed by atoms with van der Waals surface area (Å²) in [5, 5.41) is 4.49. The number of benzene rings is 4. The Bertz CT molecular complexity index is 1670. The van der Waals surface area contributed by atoms with Gasteiger partial charge in [0.1, 0.15) is 0 Å². The normalized spacial score (nSPS) is 11.2. The number of ether oxygens (including phenoxy) is 2. The van der Waals surface area contributed by atoms with Crippen molar-refractivity contribution in [3.8, 4) is 11.5 Å². The molecule has 4 rings (SSSR count). The number of hydrogen-bond donors (Lipinski definition) is 2. The van der Waals surface area contributed by atoms with E-state index >= 15 is 0 Å². The lowest BCUT2D eigenvalue weighted by Gasteiger charge is -2.11. The van der Waals surface area contributed by atoms with E-state index in [0.717, 1.165) is 5.56 Å². The summed E-state index contributed by atoms with van der Waals surface area (Å²) in [5.41, 5.74) is 4.88. The molecule has 0 bridgehead atoms. The Kier molecular flexibility index (Phi) is 9.38. The van der Waals surface area contributed by atoms with Gasteiger partial charge in [-0.2, -0.15) is 5.10 Å². The highest BCUT2D eigenvalue weighted by molar-refractivity contribution is 7.92. The Hall–Kier alpha value is -4.67. The summed E-state index contributed by atoms with van der Waals surface area (Å²) in [4.78, 5) is 25.2. The molecule has 4 aromatic carbocycles. The molecule has 0 saturated carbocycles. The van der Waals surface area contributed by atoms with E-state index in [-0.39, 0.29) is 16.2 Å². The highest BCUT2D eigenvalue weighted by atomic mass is 35.5. The summed E-state index contributed by atoms with van der Waals surface area (Å²) < 4.78 is 38.7. The van der Waals surface area contributed by atoms with Crippen LogP contribution in [0.4, 0.5) is 5.69 Å². The zero-order valence-electron chi connectivity index (χ0n) is 22.1. The van der Waals surface area contributed by atoms with E-state index in [2.05, 4.69) is 15.2 Å². The van der Waals surface area contributed by atoms with Gasteiger partial charge in [0.25, 0.3) is 15.9 Å². The molecule has 0 unspecified atom stereocenters. The second-order valence-electron chi connectivity index (χ2n) is 8.73. The van der Waals surface area contributed by atoms with E-state index in [1.165, 1.54) is 42.6 Å². The molecule has 2 N–H and O–H groups in total. The van der Waals surface area contributed by atoms with Crippen LogP contribution >= 0.6 is 11.6 Å².